The maximum atomic E-state index is 12.7. The zero-order chi connectivity index (χ0) is 19.8. The van der Waals surface area contributed by atoms with E-state index in [0.29, 0.717) is 21.9 Å². The van der Waals surface area contributed by atoms with Crippen molar-refractivity contribution in [2.45, 2.75) is 51.7 Å². The first-order valence-electron chi connectivity index (χ1n) is 9.12. The molecule has 27 heavy (non-hydrogen) atoms. The van der Waals surface area contributed by atoms with Crippen LogP contribution in [0.2, 0.25) is 0 Å². The van der Waals surface area contributed by atoms with Crippen molar-refractivity contribution in [1.82, 2.24) is 15.2 Å². The smallest absolute Gasteiger partial charge is 0.410 e. The number of pyridine rings is 1. The van der Waals surface area contributed by atoms with Crippen LogP contribution in [0, 0.1) is 0 Å². The minimum Gasteiger partial charge on any atom is -0.444 e. The minimum absolute atomic E-state index is 0.134. The third-order valence-corrected chi connectivity index (χ3v) is 5.63. The third-order valence-electron chi connectivity index (χ3n) is 4.52. The number of nitrogens with one attached hydrogen (secondary N) is 1. The largest absolute Gasteiger partial charge is 0.444 e. The molecule has 0 bridgehead atoms. The number of amides is 2. The Morgan fingerprint density at radius 3 is 2.74 bits per heavy atom. The standard InChI is InChI=1S/C19H26N4O3S/c1-19(2,3)26-18(25)23-10-6-5-7-13(23)12-9-8-11-14(20)15(16(24)21-4)27-17(11)22-12/h8-9,13H,5-7,10,20H2,1-4H3,(H,21,24)/t13-/m1/s1. The Kier molecular flexibility index (Phi) is 5.28. The van der Waals surface area contributed by atoms with E-state index in [9.17, 15) is 9.59 Å². The first kappa shape index (κ1) is 19.4. The number of likely N-dealkylation sites (tertiary alicyclic amines) is 1. The summed E-state index contributed by atoms with van der Waals surface area (Å²) in [4.78, 5) is 32.3. The molecular weight excluding hydrogens is 364 g/mol. The lowest BCUT2D eigenvalue weighted by Crippen LogP contribution is -2.42. The SMILES string of the molecule is CNC(=O)c1sc2nc([C@H]3CCCCN3C(=O)OC(C)(C)C)ccc2c1N. The number of hydrogen-bond acceptors (Lipinski definition) is 6. The maximum absolute atomic E-state index is 12.7. The van der Waals surface area contributed by atoms with Crippen LogP contribution in [-0.2, 0) is 4.74 Å². The predicted octanol–water partition coefficient (Wildman–Crippen LogP) is 3.70. The summed E-state index contributed by atoms with van der Waals surface area (Å²) in [5.41, 5.74) is 6.82. The topological polar surface area (TPSA) is 97.5 Å². The van der Waals surface area contributed by atoms with E-state index in [4.69, 9.17) is 15.5 Å². The van der Waals surface area contributed by atoms with Crippen LogP contribution in [0.3, 0.4) is 0 Å². The number of nitrogens with two attached hydrogens (primary N) is 1. The molecule has 7 nitrogen and oxygen atoms in total. The fraction of sp³-hybridized carbons (Fsp3) is 0.526. The molecule has 2 aromatic rings. The molecule has 0 aliphatic carbocycles. The van der Waals surface area contributed by atoms with E-state index >= 15 is 0 Å². The van der Waals surface area contributed by atoms with Crippen LogP contribution in [0.15, 0.2) is 12.1 Å². The molecule has 3 rings (SSSR count). The normalized spacial score (nSPS) is 17.8. The van der Waals surface area contributed by atoms with Gasteiger partial charge in [-0.15, -0.1) is 11.3 Å². The summed E-state index contributed by atoms with van der Waals surface area (Å²) in [5.74, 6) is -0.218. The summed E-state index contributed by atoms with van der Waals surface area (Å²) in [5, 5.41) is 3.36. The number of nitrogens with zero attached hydrogens (tertiary/aromatic N) is 2. The molecule has 146 valence electrons. The Bertz CT molecular complexity index is 872. The van der Waals surface area contributed by atoms with Crippen molar-refractivity contribution >= 4 is 39.2 Å². The van der Waals surface area contributed by atoms with Gasteiger partial charge in [-0.25, -0.2) is 9.78 Å². The van der Waals surface area contributed by atoms with Crippen molar-refractivity contribution in [3.63, 3.8) is 0 Å². The number of fused-ring (bicyclic) bond motifs is 1. The van der Waals surface area contributed by atoms with Gasteiger partial charge in [0.1, 0.15) is 15.3 Å². The first-order valence-corrected chi connectivity index (χ1v) is 9.93. The van der Waals surface area contributed by atoms with Crippen LogP contribution in [0.4, 0.5) is 10.5 Å². The second kappa shape index (κ2) is 7.34. The minimum atomic E-state index is -0.541. The fourth-order valence-electron chi connectivity index (χ4n) is 3.26. The summed E-state index contributed by atoms with van der Waals surface area (Å²) in [7, 11) is 1.58. The Balaban J connectivity index is 1.94. The highest BCUT2D eigenvalue weighted by Gasteiger charge is 2.32. The molecule has 1 aliphatic rings. The highest BCUT2D eigenvalue weighted by molar-refractivity contribution is 7.21. The van der Waals surface area contributed by atoms with Gasteiger partial charge in [-0.2, -0.15) is 0 Å². The van der Waals surface area contributed by atoms with Gasteiger partial charge in [-0.05, 0) is 52.2 Å². The molecule has 2 aromatic heterocycles. The lowest BCUT2D eigenvalue weighted by atomic mass is 9.99. The van der Waals surface area contributed by atoms with Gasteiger partial charge in [0.2, 0.25) is 0 Å². The summed E-state index contributed by atoms with van der Waals surface area (Å²) in [6.07, 6.45) is 2.50. The average molecular weight is 391 g/mol. The Hall–Kier alpha value is -2.35. The van der Waals surface area contributed by atoms with Crippen molar-refractivity contribution in [3.8, 4) is 0 Å². The molecule has 3 heterocycles. The van der Waals surface area contributed by atoms with Gasteiger partial charge in [0.05, 0.1) is 17.4 Å². The van der Waals surface area contributed by atoms with Crippen molar-refractivity contribution in [2.75, 3.05) is 19.3 Å². The summed E-state index contributed by atoms with van der Waals surface area (Å²) in [6.45, 7) is 6.24. The van der Waals surface area contributed by atoms with E-state index in [0.717, 1.165) is 30.3 Å². The maximum Gasteiger partial charge on any atom is 0.410 e. The van der Waals surface area contributed by atoms with E-state index in [1.807, 2.05) is 32.9 Å². The molecule has 3 N–H and O–H groups in total. The van der Waals surface area contributed by atoms with Crippen molar-refractivity contribution < 1.29 is 14.3 Å². The predicted molar refractivity (Wildman–Crippen MR) is 107 cm³/mol. The summed E-state index contributed by atoms with van der Waals surface area (Å²) < 4.78 is 5.57. The van der Waals surface area contributed by atoms with Crippen LogP contribution in [0.5, 0.6) is 0 Å². The highest BCUT2D eigenvalue weighted by atomic mass is 32.1. The molecule has 8 heteroatoms. The van der Waals surface area contributed by atoms with Gasteiger partial charge in [0.25, 0.3) is 5.91 Å². The number of piperidine rings is 1. The number of anilines is 1. The van der Waals surface area contributed by atoms with Gasteiger partial charge in [-0.1, -0.05) is 0 Å². The Morgan fingerprint density at radius 2 is 2.07 bits per heavy atom. The van der Waals surface area contributed by atoms with Crippen molar-refractivity contribution in [2.24, 2.45) is 0 Å². The Labute approximate surface area is 162 Å². The molecule has 0 unspecified atom stereocenters. The second-order valence-electron chi connectivity index (χ2n) is 7.70. The van der Waals surface area contributed by atoms with Crippen LogP contribution >= 0.6 is 11.3 Å². The number of carbonyl (C=O) groups is 2. The van der Waals surface area contributed by atoms with Gasteiger partial charge in [0, 0.05) is 19.0 Å². The molecule has 1 aliphatic heterocycles. The zero-order valence-electron chi connectivity index (χ0n) is 16.2. The van der Waals surface area contributed by atoms with Gasteiger partial charge in [0.15, 0.2) is 0 Å². The monoisotopic (exact) mass is 390 g/mol. The number of nitrogen functional groups attached to an aromatic ring is 1. The molecule has 1 saturated heterocycles. The molecule has 1 fully saturated rings. The average Bonchev–Trinajstić information content (AvgIpc) is 2.96. The molecular formula is C19H26N4O3S. The van der Waals surface area contributed by atoms with Gasteiger partial charge < -0.3 is 15.8 Å². The van der Waals surface area contributed by atoms with Crippen LogP contribution < -0.4 is 11.1 Å². The number of aromatic nitrogens is 1. The van der Waals surface area contributed by atoms with E-state index in [1.54, 1.807) is 11.9 Å². The van der Waals surface area contributed by atoms with Gasteiger partial charge >= 0.3 is 6.09 Å². The number of carbonyl (C=O) groups excluding carboxylic acids is 2. The Morgan fingerprint density at radius 1 is 1.33 bits per heavy atom. The third kappa shape index (κ3) is 4.00. The van der Waals surface area contributed by atoms with Crippen molar-refractivity contribution in [3.05, 3.63) is 22.7 Å². The molecule has 0 aromatic carbocycles. The van der Waals surface area contributed by atoms with Crippen LogP contribution in [0.25, 0.3) is 10.2 Å². The lowest BCUT2D eigenvalue weighted by molar-refractivity contribution is 0.00903. The van der Waals surface area contributed by atoms with Crippen LogP contribution in [0.1, 0.15) is 61.4 Å². The number of hydrogen-bond donors (Lipinski definition) is 2. The highest BCUT2D eigenvalue weighted by Crippen LogP contribution is 2.36. The van der Waals surface area contributed by atoms with E-state index in [2.05, 4.69) is 5.32 Å². The molecule has 0 radical (unpaired) electrons. The second-order valence-corrected chi connectivity index (χ2v) is 8.70. The zero-order valence-corrected chi connectivity index (χ0v) is 17.0. The molecule has 0 saturated carbocycles. The number of ether oxygens (including phenoxy) is 1. The number of rotatable bonds is 2. The van der Waals surface area contributed by atoms with Crippen LogP contribution in [-0.4, -0.2) is 41.1 Å². The fourth-order valence-corrected chi connectivity index (χ4v) is 4.30. The van der Waals surface area contributed by atoms with Crippen molar-refractivity contribution in [1.29, 1.82) is 0 Å². The van der Waals surface area contributed by atoms with E-state index < -0.39 is 5.60 Å². The molecule has 0 spiro atoms. The lowest BCUT2D eigenvalue weighted by Gasteiger charge is -2.36. The summed E-state index contributed by atoms with van der Waals surface area (Å²) >= 11 is 1.27. The van der Waals surface area contributed by atoms with E-state index in [-0.39, 0.29) is 18.0 Å². The number of thiophene rings is 1. The first-order chi connectivity index (χ1) is 12.7. The van der Waals surface area contributed by atoms with E-state index in [1.165, 1.54) is 11.3 Å². The summed E-state index contributed by atoms with van der Waals surface area (Å²) in [6, 6.07) is 3.65. The van der Waals surface area contributed by atoms with Gasteiger partial charge in [-0.3, -0.25) is 9.69 Å². The molecule has 1 atom stereocenters. The molecule has 2 amide bonds. The quantitative estimate of drug-likeness (QED) is 0.815.